The first-order valence-corrected chi connectivity index (χ1v) is 9.14. The summed E-state index contributed by atoms with van der Waals surface area (Å²) in [6.07, 6.45) is 2.97. The molecule has 1 aliphatic heterocycles. The maximum atomic E-state index is 6.32. The number of morpholine rings is 1. The average Bonchev–Trinajstić information content (AvgIpc) is 3.42. The van der Waals surface area contributed by atoms with Crippen molar-refractivity contribution in [3.05, 3.63) is 22.7 Å². The lowest BCUT2D eigenvalue weighted by atomic mass is 10.2. The number of benzene rings is 1. The number of nitrogens with zero attached hydrogens (tertiary/aromatic N) is 1. The molecule has 0 aromatic heterocycles. The highest BCUT2D eigenvalue weighted by atomic mass is 35.5. The van der Waals surface area contributed by atoms with Gasteiger partial charge in [0.05, 0.1) is 31.5 Å². The standard InChI is InChI=1S/C18H27ClN2O3/c1-3-23-18-16(19)8-13(9-17(18)22-2)10-20-11-15-12-21(6-7-24-15)14-4-5-14/h8-9,14-15,20H,3-7,10-12H2,1-2H3. The van der Waals surface area contributed by atoms with Crippen LogP contribution in [0.5, 0.6) is 11.5 Å². The van der Waals surface area contributed by atoms with Gasteiger partial charge >= 0.3 is 0 Å². The molecule has 5 nitrogen and oxygen atoms in total. The zero-order valence-corrected chi connectivity index (χ0v) is 15.3. The van der Waals surface area contributed by atoms with Crippen LogP contribution in [0, 0.1) is 0 Å². The Bertz CT molecular complexity index is 551. The molecule has 0 bridgehead atoms. The third-order valence-electron chi connectivity index (χ3n) is 4.51. The lowest BCUT2D eigenvalue weighted by Crippen LogP contribution is -2.47. The third kappa shape index (κ3) is 4.54. The summed E-state index contributed by atoms with van der Waals surface area (Å²) in [4.78, 5) is 2.56. The van der Waals surface area contributed by atoms with Crippen LogP contribution in [0.1, 0.15) is 25.3 Å². The van der Waals surface area contributed by atoms with Crippen molar-refractivity contribution in [1.29, 1.82) is 0 Å². The van der Waals surface area contributed by atoms with E-state index in [0.717, 1.165) is 44.4 Å². The number of nitrogens with one attached hydrogen (secondary N) is 1. The van der Waals surface area contributed by atoms with Gasteiger partial charge in [-0.05, 0) is 37.5 Å². The summed E-state index contributed by atoms with van der Waals surface area (Å²) in [6.45, 7) is 7.01. The quantitative estimate of drug-likeness (QED) is 0.777. The molecule has 1 aromatic rings. The first-order chi connectivity index (χ1) is 11.7. The van der Waals surface area contributed by atoms with Crippen LogP contribution < -0.4 is 14.8 Å². The van der Waals surface area contributed by atoms with Gasteiger partial charge in [-0.2, -0.15) is 0 Å². The number of hydrogen-bond acceptors (Lipinski definition) is 5. The zero-order valence-electron chi connectivity index (χ0n) is 14.5. The molecule has 6 heteroatoms. The molecule has 1 N–H and O–H groups in total. The van der Waals surface area contributed by atoms with Crippen molar-refractivity contribution < 1.29 is 14.2 Å². The van der Waals surface area contributed by atoms with E-state index in [1.54, 1.807) is 7.11 Å². The van der Waals surface area contributed by atoms with E-state index in [9.17, 15) is 0 Å². The molecule has 3 rings (SSSR count). The maximum Gasteiger partial charge on any atom is 0.179 e. The van der Waals surface area contributed by atoms with E-state index in [-0.39, 0.29) is 6.10 Å². The Morgan fingerprint density at radius 1 is 1.38 bits per heavy atom. The smallest absolute Gasteiger partial charge is 0.179 e. The molecule has 2 fully saturated rings. The SMILES string of the molecule is CCOc1c(Cl)cc(CNCC2CN(C3CC3)CCO2)cc1OC. The van der Waals surface area contributed by atoms with Gasteiger partial charge in [0.25, 0.3) is 0 Å². The number of ether oxygens (including phenoxy) is 3. The van der Waals surface area contributed by atoms with Crippen molar-refractivity contribution in [2.24, 2.45) is 0 Å². The predicted octanol–water partition coefficient (Wildman–Crippen LogP) is 2.70. The van der Waals surface area contributed by atoms with E-state index in [1.807, 2.05) is 19.1 Å². The van der Waals surface area contributed by atoms with Crippen molar-refractivity contribution >= 4 is 11.6 Å². The molecule has 1 unspecified atom stereocenters. The Morgan fingerprint density at radius 3 is 2.92 bits per heavy atom. The summed E-state index contributed by atoms with van der Waals surface area (Å²) in [5.41, 5.74) is 1.08. The Labute approximate surface area is 149 Å². The number of methoxy groups -OCH3 is 1. The van der Waals surface area contributed by atoms with Gasteiger partial charge in [0.2, 0.25) is 0 Å². The molecule has 1 heterocycles. The van der Waals surface area contributed by atoms with E-state index in [1.165, 1.54) is 12.8 Å². The minimum absolute atomic E-state index is 0.263. The molecular formula is C18H27ClN2O3. The molecule has 0 radical (unpaired) electrons. The van der Waals surface area contributed by atoms with Crippen molar-refractivity contribution in [2.45, 2.75) is 38.5 Å². The van der Waals surface area contributed by atoms with E-state index < -0.39 is 0 Å². The minimum atomic E-state index is 0.263. The van der Waals surface area contributed by atoms with Crippen molar-refractivity contribution in [3.8, 4) is 11.5 Å². The van der Waals surface area contributed by atoms with Crippen LogP contribution >= 0.6 is 11.6 Å². The Morgan fingerprint density at radius 2 is 2.21 bits per heavy atom. The highest BCUT2D eigenvalue weighted by Gasteiger charge is 2.32. The highest BCUT2D eigenvalue weighted by Crippen LogP contribution is 2.36. The van der Waals surface area contributed by atoms with Crippen molar-refractivity contribution in [2.75, 3.05) is 40.0 Å². The summed E-state index contributed by atoms with van der Waals surface area (Å²) in [5.74, 6) is 1.29. The fourth-order valence-corrected chi connectivity index (χ4v) is 3.46. The van der Waals surface area contributed by atoms with Crippen molar-refractivity contribution in [1.82, 2.24) is 10.2 Å². The largest absolute Gasteiger partial charge is 0.493 e. The normalized spacial score (nSPS) is 21.7. The van der Waals surface area contributed by atoms with Crippen LogP contribution in [0.15, 0.2) is 12.1 Å². The molecule has 0 amide bonds. The summed E-state index contributed by atoms with van der Waals surface area (Å²) in [6, 6.07) is 4.72. The molecular weight excluding hydrogens is 328 g/mol. The van der Waals surface area contributed by atoms with E-state index in [4.69, 9.17) is 25.8 Å². The van der Waals surface area contributed by atoms with Gasteiger partial charge in [-0.3, -0.25) is 4.90 Å². The highest BCUT2D eigenvalue weighted by molar-refractivity contribution is 6.32. The van der Waals surface area contributed by atoms with Gasteiger partial charge in [-0.15, -0.1) is 0 Å². The lowest BCUT2D eigenvalue weighted by molar-refractivity contribution is -0.0301. The first kappa shape index (κ1) is 17.8. The molecule has 0 spiro atoms. The Hall–Kier alpha value is -1.01. The van der Waals surface area contributed by atoms with E-state index in [2.05, 4.69) is 10.2 Å². The van der Waals surface area contributed by atoms with Gasteiger partial charge < -0.3 is 19.5 Å². The average molecular weight is 355 g/mol. The number of hydrogen-bond donors (Lipinski definition) is 1. The van der Waals surface area contributed by atoms with Crippen LogP contribution in [0.3, 0.4) is 0 Å². The molecule has 1 aliphatic carbocycles. The Balaban J connectivity index is 1.51. The number of rotatable bonds is 8. The minimum Gasteiger partial charge on any atom is -0.493 e. The van der Waals surface area contributed by atoms with Crippen LogP contribution in [0.25, 0.3) is 0 Å². The second-order valence-corrected chi connectivity index (χ2v) is 6.80. The van der Waals surface area contributed by atoms with E-state index in [0.29, 0.717) is 23.1 Å². The molecule has 24 heavy (non-hydrogen) atoms. The predicted molar refractivity (Wildman–Crippen MR) is 95.2 cm³/mol. The summed E-state index contributed by atoms with van der Waals surface area (Å²) >= 11 is 6.32. The molecule has 1 saturated carbocycles. The summed E-state index contributed by atoms with van der Waals surface area (Å²) < 4.78 is 16.8. The fraction of sp³-hybridized carbons (Fsp3) is 0.667. The lowest BCUT2D eigenvalue weighted by Gasteiger charge is -2.33. The van der Waals surface area contributed by atoms with Crippen molar-refractivity contribution in [3.63, 3.8) is 0 Å². The van der Waals surface area contributed by atoms with Gasteiger partial charge in [-0.25, -0.2) is 0 Å². The molecule has 1 saturated heterocycles. The van der Waals surface area contributed by atoms with Crippen LogP contribution in [-0.4, -0.2) is 57.0 Å². The van der Waals surface area contributed by atoms with Gasteiger partial charge in [0, 0.05) is 32.2 Å². The topological polar surface area (TPSA) is 43.0 Å². The third-order valence-corrected chi connectivity index (χ3v) is 4.79. The molecule has 2 aliphatic rings. The van der Waals surface area contributed by atoms with Gasteiger partial charge in [0.15, 0.2) is 11.5 Å². The van der Waals surface area contributed by atoms with Gasteiger partial charge in [-0.1, -0.05) is 11.6 Å². The fourth-order valence-electron chi connectivity index (χ4n) is 3.17. The molecule has 134 valence electrons. The number of halogens is 1. The van der Waals surface area contributed by atoms with Crippen LogP contribution in [0.2, 0.25) is 5.02 Å². The molecule has 1 atom stereocenters. The summed E-state index contributed by atoms with van der Waals surface area (Å²) in [7, 11) is 1.63. The van der Waals surface area contributed by atoms with Crippen LogP contribution in [0.4, 0.5) is 0 Å². The maximum absolute atomic E-state index is 6.32. The van der Waals surface area contributed by atoms with E-state index >= 15 is 0 Å². The Kier molecular flexibility index (Phi) is 6.22. The second-order valence-electron chi connectivity index (χ2n) is 6.39. The van der Waals surface area contributed by atoms with Crippen LogP contribution in [-0.2, 0) is 11.3 Å². The van der Waals surface area contributed by atoms with Gasteiger partial charge in [0.1, 0.15) is 0 Å². The monoisotopic (exact) mass is 354 g/mol. The summed E-state index contributed by atoms with van der Waals surface area (Å²) in [5, 5.41) is 4.06. The zero-order chi connectivity index (χ0) is 16.9. The molecule has 1 aromatic carbocycles. The second kappa shape index (κ2) is 8.39. The first-order valence-electron chi connectivity index (χ1n) is 8.76.